The van der Waals surface area contributed by atoms with Crippen LogP contribution in [0.1, 0.15) is 50.7 Å². The Morgan fingerprint density at radius 1 is 1.40 bits per heavy atom. The summed E-state index contributed by atoms with van der Waals surface area (Å²) in [5.74, 6) is 0.516. The Morgan fingerprint density at radius 2 is 2.13 bits per heavy atom. The van der Waals surface area contributed by atoms with Crippen LogP contribution in [0, 0.1) is 0 Å². The van der Waals surface area contributed by atoms with Gasteiger partial charge in [0.2, 0.25) is 0 Å². The highest BCUT2D eigenvalue weighted by molar-refractivity contribution is 7.09. The number of aromatic nitrogens is 1. The molecule has 0 spiro atoms. The van der Waals surface area contributed by atoms with Gasteiger partial charge in [-0.2, -0.15) is 0 Å². The minimum Gasteiger partial charge on any atom is -0.314 e. The first kappa shape index (κ1) is 12.7. The molecule has 3 heteroatoms. The predicted octanol–water partition coefficient (Wildman–Crippen LogP) is 3.20. The molecule has 0 radical (unpaired) electrons. The van der Waals surface area contributed by atoms with Crippen LogP contribution in [-0.2, 0) is 6.42 Å². The highest BCUT2D eigenvalue weighted by Crippen LogP contribution is 2.23. The van der Waals surface area contributed by atoms with Crippen molar-refractivity contribution in [1.82, 2.24) is 10.3 Å². The lowest BCUT2D eigenvalue weighted by molar-refractivity contribution is 0.479. The minimum atomic E-state index is 0.515. The summed E-state index contributed by atoms with van der Waals surface area (Å²) >= 11 is 1.79. The molecule has 1 aromatic rings. The molecule has 15 heavy (non-hydrogen) atoms. The Balaban J connectivity index is 2.54. The standard InChI is InChI=1S/C12H22N2S/c1-5-7-13-10(4)9(3)12-14-11(6-2)8-15-12/h8-10,13H,5-7H2,1-4H3. The van der Waals surface area contributed by atoms with E-state index in [0.717, 1.165) is 13.0 Å². The fraction of sp³-hybridized carbons (Fsp3) is 0.750. The Bertz CT molecular complexity index is 283. The van der Waals surface area contributed by atoms with E-state index >= 15 is 0 Å². The van der Waals surface area contributed by atoms with Gasteiger partial charge in [-0.3, -0.25) is 0 Å². The summed E-state index contributed by atoms with van der Waals surface area (Å²) in [6, 6.07) is 0.515. The monoisotopic (exact) mass is 226 g/mol. The number of aryl methyl sites for hydroxylation is 1. The van der Waals surface area contributed by atoms with Gasteiger partial charge in [0.1, 0.15) is 0 Å². The van der Waals surface area contributed by atoms with Crippen molar-refractivity contribution in [2.24, 2.45) is 0 Å². The van der Waals surface area contributed by atoms with Crippen molar-refractivity contribution in [2.45, 2.75) is 52.5 Å². The zero-order chi connectivity index (χ0) is 11.3. The second-order valence-electron chi connectivity index (χ2n) is 4.06. The summed E-state index contributed by atoms with van der Waals surface area (Å²) in [5.41, 5.74) is 1.23. The average molecular weight is 226 g/mol. The molecule has 0 bridgehead atoms. The minimum absolute atomic E-state index is 0.515. The second kappa shape index (κ2) is 6.23. The maximum absolute atomic E-state index is 4.64. The van der Waals surface area contributed by atoms with Gasteiger partial charge in [0.05, 0.1) is 10.7 Å². The van der Waals surface area contributed by atoms with Gasteiger partial charge in [-0.25, -0.2) is 4.98 Å². The molecule has 1 rings (SSSR count). The van der Waals surface area contributed by atoms with Crippen LogP contribution < -0.4 is 5.32 Å². The van der Waals surface area contributed by atoms with E-state index < -0.39 is 0 Å². The molecule has 2 atom stereocenters. The number of thiazole rings is 1. The van der Waals surface area contributed by atoms with Crippen LogP contribution in [0.15, 0.2) is 5.38 Å². The molecule has 0 amide bonds. The van der Waals surface area contributed by atoms with Crippen LogP contribution in [0.4, 0.5) is 0 Å². The van der Waals surface area contributed by atoms with Crippen LogP contribution in [0.5, 0.6) is 0 Å². The molecule has 86 valence electrons. The number of nitrogens with one attached hydrogen (secondary N) is 1. The van der Waals surface area contributed by atoms with Crippen LogP contribution in [0.3, 0.4) is 0 Å². The summed E-state index contributed by atoms with van der Waals surface area (Å²) in [7, 11) is 0. The van der Waals surface area contributed by atoms with Gasteiger partial charge in [-0.1, -0.05) is 20.8 Å². The van der Waals surface area contributed by atoms with Crippen molar-refractivity contribution in [2.75, 3.05) is 6.54 Å². The van der Waals surface area contributed by atoms with Gasteiger partial charge in [0, 0.05) is 17.3 Å². The average Bonchev–Trinajstić information content (AvgIpc) is 2.73. The fourth-order valence-corrected chi connectivity index (χ4v) is 2.52. The van der Waals surface area contributed by atoms with Crippen molar-refractivity contribution in [3.05, 3.63) is 16.1 Å². The fourth-order valence-electron chi connectivity index (χ4n) is 1.46. The molecule has 0 aliphatic rings. The van der Waals surface area contributed by atoms with E-state index in [9.17, 15) is 0 Å². The Kier molecular flexibility index (Phi) is 5.26. The van der Waals surface area contributed by atoms with E-state index in [1.54, 1.807) is 11.3 Å². The van der Waals surface area contributed by atoms with E-state index in [1.807, 2.05) is 0 Å². The van der Waals surface area contributed by atoms with Gasteiger partial charge < -0.3 is 5.32 Å². The maximum Gasteiger partial charge on any atom is 0.0971 e. The SMILES string of the molecule is CCCNC(C)C(C)c1nc(CC)cs1. The number of hydrogen-bond donors (Lipinski definition) is 1. The Labute approximate surface area is 97.1 Å². The van der Waals surface area contributed by atoms with E-state index in [-0.39, 0.29) is 0 Å². The molecule has 0 aromatic carbocycles. The third kappa shape index (κ3) is 3.58. The first-order valence-electron chi connectivity index (χ1n) is 5.86. The summed E-state index contributed by atoms with van der Waals surface area (Å²) in [4.78, 5) is 4.64. The first-order valence-corrected chi connectivity index (χ1v) is 6.74. The molecule has 2 nitrogen and oxygen atoms in total. The van der Waals surface area contributed by atoms with E-state index in [1.165, 1.54) is 17.1 Å². The highest BCUT2D eigenvalue weighted by atomic mass is 32.1. The van der Waals surface area contributed by atoms with E-state index in [0.29, 0.717) is 12.0 Å². The van der Waals surface area contributed by atoms with E-state index in [2.05, 4.69) is 43.4 Å². The molecular formula is C12H22N2S. The van der Waals surface area contributed by atoms with Crippen molar-refractivity contribution in [3.8, 4) is 0 Å². The Hall–Kier alpha value is -0.410. The lowest BCUT2D eigenvalue weighted by Gasteiger charge is -2.18. The maximum atomic E-state index is 4.64. The quantitative estimate of drug-likeness (QED) is 0.806. The van der Waals surface area contributed by atoms with Crippen LogP contribution in [-0.4, -0.2) is 17.6 Å². The van der Waals surface area contributed by atoms with Crippen molar-refractivity contribution in [1.29, 1.82) is 0 Å². The normalized spacial score (nSPS) is 15.2. The largest absolute Gasteiger partial charge is 0.314 e. The van der Waals surface area contributed by atoms with Crippen LogP contribution in [0.25, 0.3) is 0 Å². The lowest BCUT2D eigenvalue weighted by Crippen LogP contribution is -2.31. The Morgan fingerprint density at radius 3 is 2.67 bits per heavy atom. The predicted molar refractivity (Wildman–Crippen MR) is 67.7 cm³/mol. The lowest BCUT2D eigenvalue weighted by atomic mass is 10.0. The van der Waals surface area contributed by atoms with Crippen LogP contribution in [0.2, 0.25) is 0 Å². The van der Waals surface area contributed by atoms with Gasteiger partial charge in [-0.05, 0) is 26.3 Å². The molecule has 0 aliphatic carbocycles. The first-order chi connectivity index (χ1) is 7.19. The van der Waals surface area contributed by atoms with E-state index in [4.69, 9.17) is 0 Å². The smallest absolute Gasteiger partial charge is 0.0971 e. The molecular weight excluding hydrogens is 204 g/mol. The summed E-state index contributed by atoms with van der Waals surface area (Å²) in [6.07, 6.45) is 2.23. The zero-order valence-electron chi connectivity index (χ0n) is 10.2. The number of hydrogen-bond acceptors (Lipinski definition) is 3. The molecule has 0 fully saturated rings. The number of nitrogens with zero attached hydrogens (tertiary/aromatic N) is 1. The second-order valence-corrected chi connectivity index (χ2v) is 4.95. The van der Waals surface area contributed by atoms with Gasteiger partial charge in [0.15, 0.2) is 0 Å². The number of rotatable bonds is 6. The third-order valence-electron chi connectivity index (χ3n) is 2.79. The molecule has 1 aromatic heterocycles. The molecule has 1 heterocycles. The summed E-state index contributed by atoms with van der Waals surface area (Å²) < 4.78 is 0. The van der Waals surface area contributed by atoms with Gasteiger partial charge in [0.25, 0.3) is 0 Å². The third-order valence-corrected chi connectivity index (χ3v) is 3.88. The topological polar surface area (TPSA) is 24.9 Å². The summed E-state index contributed by atoms with van der Waals surface area (Å²) in [5, 5.41) is 6.97. The van der Waals surface area contributed by atoms with Crippen molar-refractivity contribution < 1.29 is 0 Å². The van der Waals surface area contributed by atoms with Crippen molar-refractivity contribution in [3.63, 3.8) is 0 Å². The highest BCUT2D eigenvalue weighted by Gasteiger charge is 2.16. The van der Waals surface area contributed by atoms with Gasteiger partial charge >= 0.3 is 0 Å². The molecule has 0 saturated heterocycles. The van der Waals surface area contributed by atoms with Gasteiger partial charge in [-0.15, -0.1) is 11.3 Å². The summed E-state index contributed by atoms with van der Waals surface area (Å²) in [6.45, 7) is 9.95. The zero-order valence-corrected chi connectivity index (χ0v) is 11.0. The van der Waals surface area contributed by atoms with Crippen LogP contribution >= 0.6 is 11.3 Å². The molecule has 0 saturated carbocycles. The molecule has 0 aliphatic heterocycles. The molecule has 1 N–H and O–H groups in total. The molecule has 2 unspecified atom stereocenters. The van der Waals surface area contributed by atoms with Crippen molar-refractivity contribution >= 4 is 11.3 Å².